The summed E-state index contributed by atoms with van der Waals surface area (Å²) in [4.78, 5) is 51.1. The molecule has 312 valence electrons. The standard InChI is InChI=1S/C45H51FN10O4/c1-29(37-23-35(46)6-8-39(37)56-49-13-14-50-56)60-41-22-34(25-48-43(41)47)32-4-2-3-31(21-32)27-53-19-17-52(18-20-53)26-30-11-15-54(16-12-30)36-7-5-33-28-55(45(59)38(33)24-36)40-9-10-42(57)51-44(40)58/h2-8,13,21-25,29-30,40,50H,9-12,14-20,26-28H2,1H3,(H2,47,48)(H,51,57,58). The van der Waals surface area contributed by atoms with Gasteiger partial charge in [-0.15, -0.1) is 0 Å². The van der Waals surface area contributed by atoms with E-state index in [-0.39, 0.29) is 35.8 Å². The van der Waals surface area contributed by atoms with E-state index in [0.717, 1.165) is 87.6 Å². The van der Waals surface area contributed by atoms with Crippen molar-refractivity contribution in [2.45, 2.75) is 57.8 Å². The molecule has 0 radical (unpaired) electrons. The Morgan fingerprint density at radius 2 is 1.73 bits per heavy atom. The Morgan fingerprint density at radius 1 is 0.917 bits per heavy atom. The summed E-state index contributed by atoms with van der Waals surface area (Å²) in [7, 11) is 0. The number of anilines is 3. The molecular weight excluding hydrogens is 764 g/mol. The molecule has 3 saturated heterocycles. The van der Waals surface area contributed by atoms with Gasteiger partial charge < -0.3 is 25.2 Å². The van der Waals surface area contributed by atoms with Crippen molar-refractivity contribution in [1.82, 2.24) is 30.4 Å². The third-order valence-corrected chi connectivity index (χ3v) is 12.5. The molecule has 2 unspecified atom stereocenters. The Kier molecular flexibility index (Phi) is 11.2. The number of piperidine rings is 2. The van der Waals surface area contributed by atoms with Gasteiger partial charge in [0.05, 0.1) is 12.2 Å². The van der Waals surface area contributed by atoms with Gasteiger partial charge in [0, 0.05) is 100 Å². The molecule has 5 aliphatic heterocycles. The number of hydrogen-bond acceptors (Lipinski definition) is 12. The van der Waals surface area contributed by atoms with Crippen molar-refractivity contribution in [2.75, 3.05) is 68.1 Å². The molecule has 4 N–H and O–H groups in total. The number of hydrogen-bond donors (Lipinski definition) is 3. The summed E-state index contributed by atoms with van der Waals surface area (Å²) in [5, 5.41) is 8.32. The van der Waals surface area contributed by atoms with E-state index in [9.17, 15) is 18.8 Å². The summed E-state index contributed by atoms with van der Waals surface area (Å²) in [6, 6.07) is 20.5. The second-order valence-electron chi connectivity index (χ2n) is 16.5. The number of rotatable bonds is 11. The number of aromatic nitrogens is 1. The average Bonchev–Trinajstić information content (AvgIpc) is 3.91. The number of nitrogen functional groups attached to an aromatic ring is 1. The number of carbonyl (C=O) groups excluding carboxylic acids is 3. The number of nitrogens with one attached hydrogen (secondary N) is 2. The minimum atomic E-state index is -0.599. The van der Waals surface area contributed by atoms with E-state index in [4.69, 9.17) is 10.5 Å². The summed E-state index contributed by atoms with van der Waals surface area (Å²) in [5.41, 5.74) is 16.5. The summed E-state index contributed by atoms with van der Waals surface area (Å²) in [6.07, 6.45) is 5.80. The van der Waals surface area contributed by atoms with Gasteiger partial charge in [0.25, 0.3) is 5.91 Å². The smallest absolute Gasteiger partial charge is 0.255 e. The number of ether oxygens (including phenoxy) is 1. The average molecular weight is 815 g/mol. The summed E-state index contributed by atoms with van der Waals surface area (Å²) in [6.45, 7) is 10.8. The van der Waals surface area contributed by atoms with Crippen LogP contribution < -0.4 is 31.2 Å². The largest absolute Gasteiger partial charge is 0.482 e. The van der Waals surface area contributed by atoms with Gasteiger partial charge in [0.15, 0.2) is 11.6 Å². The van der Waals surface area contributed by atoms with Crippen LogP contribution in [0.25, 0.3) is 11.1 Å². The minimum absolute atomic E-state index is 0.127. The maximum atomic E-state index is 14.4. The maximum Gasteiger partial charge on any atom is 0.255 e. The molecule has 0 bridgehead atoms. The van der Waals surface area contributed by atoms with Crippen molar-refractivity contribution in [3.8, 4) is 16.9 Å². The molecule has 5 aliphatic rings. The fourth-order valence-electron chi connectivity index (χ4n) is 9.16. The predicted octanol–water partition coefficient (Wildman–Crippen LogP) is 4.72. The first-order chi connectivity index (χ1) is 29.1. The number of piperazine rings is 1. The number of hydrazone groups is 1. The van der Waals surface area contributed by atoms with Crippen LogP contribution in [0.3, 0.4) is 0 Å². The van der Waals surface area contributed by atoms with Crippen LogP contribution in [-0.2, 0) is 22.7 Å². The van der Waals surface area contributed by atoms with Crippen molar-refractivity contribution < 1.29 is 23.5 Å². The zero-order chi connectivity index (χ0) is 41.3. The molecule has 2 atom stereocenters. The van der Waals surface area contributed by atoms with E-state index >= 15 is 0 Å². The lowest BCUT2D eigenvalue weighted by molar-refractivity contribution is -0.136. The first-order valence-electron chi connectivity index (χ1n) is 21.0. The van der Waals surface area contributed by atoms with Crippen molar-refractivity contribution in [1.29, 1.82) is 0 Å². The number of halogens is 1. The van der Waals surface area contributed by atoms with E-state index < -0.39 is 12.1 Å². The van der Waals surface area contributed by atoms with Crippen LogP contribution >= 0.6 is 0 Å². The van der Waals surface area contributed by atoms with Gasteiger partial charge in [-0.05, 0) is 91.3 Å². The highest BCUT2D eigenvalue weighted by Crippen LogP contribution is 2.36. The maximum absolute atomic E-state index is 14.4. The highest BCUT2D eigenvalue weighted by Gasteiger charge is 2.39. The van der Waals surface area contributed by atoms with E-state index in [1.165, 1.54) is 17.7 Å². The van der Waals surface area contributed by atoms with Crippen LogP contribution in [0.4, 0.5) is 21.6 Å². The molecule has 9 rings (SSSR count). The first kappa shape index (κ1) is 39.6. The van der Waals surface area contributed by atoms with Crippen LogP contribution in [0.5, 0.6) is 5.75 Å². The molecule has 4 aromatic rings. The number of imide groups is 1. The van der Waals surface area contributed by atoms with Crippen LogP contribution in [0, 0.1) is 11.7 Å². The number of amides is 3. The molecule has 60 heavy (non-hydrogen) atoms. The third-order valence-electron chi connectivity index (χ3n) is 12.5. The van der Waals surface area contributed by atoms with E-state index in [0.29, 0.717) is 48.0 Å². The van der Waals surface area contributed by atoms with E-state index in [1.54, 1.807) is 28.5 Å². The highest BCUT2D eigenvalue weighted by atomic mass is 19.1. The van der Waals surface area contributed by atoms with Gasteiger partial charge >= 0.3 is 0 Å². The molecule has 3 fully saturated rings. The minimum Gasteiger partial charge on any atom is -0.482 e. The Labute approximate surface area is 349 Å². The zero-order valence-electron chi connectivity index (χ0n) is 33.9. The number of fused-ring (bicyclic) bond motifs is 1. The summed E-state index contributed by atoms with van der Waals surface area (Å²) < 4.78 is 20.7. The molecular formula is C45H51FN10O4. The zero-order valence-corrected chi connectivity index (χ0v) is 33.9. The number of hydrazine groups is 1. The predicted molar refractivity (Wildman–Crippen MR) is 228 cm³/mol. The van der Waals surface area contributed by atoms with Gasteiger partial charge in [-0.25, -0.2) is 14.8 Å². The number of carbonyl (C=O) groups is 3. The topological polar surface area (TPSA) is 152 Å². The van der Waals surface area contributed by atoms with Gasteiger partial charge in [-0.3, -0.25) is 24.6 Å². The number of nitrogens with zero attached hydrogens (tertiary/aromatic N) is 7. The lowest BCUT2D eigenvalue weighted by Gasteiger charge is -2.39. The molecule has 3 amide bonds. The fraction of sp³-hybridized carbons (Fsp3) is 0.400. The second kappa shape index (κ2) is 17.0. The first-order valence-corrected chi connectivity index (χ1v) is 21.0. The third kappa shape index (κ3) is 8.42. The van der Waals surface area contributed by atoms with Gasteiger partial charge in [-0.1, -0.05) is 24.3 Å². The van der Waals surface area contributed by atoms with Crippen LogP contribution in [0.15, 0.2) is 78.0 Å². The molecule has 14 nitrogen and oxygen atoms in total. The number of pyridine rings is 1. The molecule has 6 heterocycles. The Morgan fingerprint density at radius 3 is 2.52 bits per heavy atom. The van der Waals surface area contributed by atoms with Gasteiger partial charge in [-0.2, -0.15) is 10.2 Å². The van der Waals surface area contributed by atoms with Crippen molar-refractivity contribution in [2.24, 2.45) is 11.0 Å². The Bertz CT molecular complexity index is 2310. The number of nitrogens with two attached hydrogens (primary N) is 1. The van der Waals surface area contributed by atoms with Crippen LogP contribution in [0.2, 0.25) is 0 Å². The van der Waals surface area contributed by atoms with Crippen LogP contribution in [-0.4, -0.2) is 102 Å². The number of benzene rings is 3. The fourth-order valence-corrected chi connectivity index (χ4v) is 9.16. The van der Waals surface area contributed by atoms with E-state index in [1.807, 2.05) is 25.1 Å². The monoisotopic (exact) mass is 814 g/mol. The highest BCUT2D eigenvalue weighted by molar-refractivity contribution is 6.05. The van der Waals surface area contributed by atoms with E-state index in [2.05, 4.69) is 65.9 Å². The molecule has 0 saturated carbocycles. The quantitative estimate of drug-likeness (QED) is 0.181. The molecule has 0 spiro atoms. The van der Waals surface area contributed by atoms with Gasteiger partial charge in [0.1, 0.15) is 18.0 Å². The molecule has 1 aromatic heterocycles. The molecule has 0 aliphatic carbocycles. The lowest BCUT2D eigenvalue weighted by atomic mass is 9.95. The Hall–Kier alpha value is -5.90. The van der Waals surface area contributed by atoms with Gasteiger partial charge in [0.2, 0.25) is 11.8 Å². The molecule has 3 aromatic carbocycles. The summed E-state index contributed by atoms with van der Waals surface area (Å²) >= 11 is 0. The van der Waals surface area contributed by atoms with Crippen molar-refractivity contribution in [3.05, 3.63) is 101 Å². The second-order valence-corrected chi connectivity index (χ2v) is 16.5. The lowest BCUT2D eigenvalue weighted by Crippen LogP contribution is -2.52. The molecule has 15 heteroatoms. The van der Waals surface area contributed by atoms with Crippen molar-refractivity contribution in [3.63, 3.8) is 0 Å². The van der Waals surface area contributed by atoms with Crippen LogP contribution in [0.1, 0.15) is 65.8 Å². The SMILES string of the molecule is CC(Oc1cc(-c2cccc(CN3CCN(CC4CCN(c5ccc6c(c5)C(=O)N(C5CCC(=O)NC5=O)C6)CC4)CC3)c2)cnc1N)c1cc(F)ccc1N1N=CCN1. The van der Waals surface area contributed by atoms with Crippen molar-refractivity contribution >= 4 is 41.1 Å². The summed E-state index contributed by atoms with van der Waals surface area (Å²) in [5.74, 6) is 0.173. The Balaban J connectivity index is 0.752. The normalized spacial score (nSPS) is 20.8.